The standard InChI is InChI=1S/C60H70N8O8S/c1-35(2)52(59(73)65-32-45(69)26-51(65)56(70)62-29-39-15-19-41(20-16-39)40-11-7-8-12-40)68-31-44-25-46(23-24-49(44)58(68)72)76-47-27-50(55(64-75-6)61-28-38-17-21-42(22-18-38)54-37(5)63-34-77-54)66(33-47)60(74)53(36(3)4)67-30-43-13-9-10-14-48(43)57(67)71/h9-10,13-25,34-36,40,45,47,50-53,69H,7-8,11-12,26-33H2,1-6H3,(H,61,64)(H,62,70)/t45-,47-,50+,51+,52+,53+/m1/s1. The molecule has 2 saturated heterocycles. The first-order valence-corrected chi connectivity index (χ1v) is 28.0. The van der Waals surface area contributed by atoms with Crippen molar-refractivity contribution in [2.75, 3.05) is 20.2 Å². The Bertz CT molecular complexity index is 3030. The normalized spacial score (nSPS) is 21.3. The Balaban J connectivity index is 0.846. The number of nitrogens with zero attached hydrogens (tertiary/aromatic N) is 6. The molecule has 0 bridgehead atoms. The van der Waals surface area contributed by atoms with Gasteiger partial charge in [-0.3, -0.25) is 24.0 Å². The molecule has 5 heterocycles. The fourth-order valence-electron chi connectivity index (χ4n) is 12.2. The van der Waals surface area contributed by atoms with Gasteiger partial charge in [-0.15, -0.1) is 11.3 Å². The third-order valence-corrected chi connectivity index (χ3v) is 17.1. The lowest BCUT2D eigenvalue weighted by molar-refractivity contribution is -0.143. The number of hydrogen-bond donors (Lipinski definition) is 3. The minimum atomic E-state index is -0.909. The van der Waals surface area contributed by atoms with E-state index < -0.39 is 36.4 Å². The zero-order valence-corrected chi connectivity index (χ0v) is 45.6. The second kappa shape index (κ2) is 22.8. The Hall–Kier alpha value is -7.11. The molecule has 1 aliphatic carbocycles. The minimum absolute atomic E-state index is 0.0156. The fourth-order valence-corrected chi connectivity index (χ4v) is 13.0. The number of amides is 5. The number of aliphatic hydroxyl groups excluding tert-OH is 1. The van der Waals surface area contributed by atoms with Crippen molar-refractivity contribution in [2.45, 2.75) is 142 Å². The lowest BCUT2D eigenvalue weighted by Gasteiger charge is -2.35. The van der Waals surface area contributed by atoms with Crippen LogP contribution >= 0.6 is 11.3 Å². The van der Waals surface area contributed by atoms with Gasteiger partial charge in [0.25, 0.3) is 11.8 Å². The van der Waals surface area contributed by atoms with Gasteiger partial charge in [0.2, 0.25) is 17.7 Å². The molecular formula is C60H70N8O8S. The van der Waals surface area contributed by atoms with E-state index in [4.69, 9.17) is 9.57 Å². The van der Waals surface area contributed by atoms with E-state index in [9.17, 15) is 24.3 Å². The third-order valence-electron chi connectivity index (χ3n) is 16.1. The van der Waals surface area contributed by atoms with E-state index in [2.05, 4.69) is 45.0 Å². The van der Waals surface area contributed by atoms with Crippen LogP contribution in [0.1, 0.15) is 126 Å². The topological polar surface area (TPSA) is 186 Å². The molecule has 3 N–H and O–H groups in total. The quantitative estimate of drug-likeness (QED) is 0.0471. The predicted molar refractivity (Wildman–Crippen MR) is 294 cm³/mol. The van der Waals surface area contributed by atoms with E-state index in [-0.39, 0.29) is 67.4 Å². The first-order valence-electron chi connectivity index (χ1n) is 27.2. The van der Waals surface area contributed by atoms with Gasteiger partial charge in [0.15, 0.2) is 5.84 Å². The number of hydrogen-bond acceptors (Lipinski definition) is 11. The molecule has 1 saturated carbocycles. The van der Waals surface area contributed by atoms with E-state index in [0.717, 1.165) is 32.8 Å². The first-order chi connectivity index (χ1) is 37.2. The number of amidine groups is 1. The molecule has 4 aliphatic heterocycles. The van der Waals surface area contributed by atoms with E-state index in [1.807, 2.05) is 88.7 Å². The maximum atomic E-state index is 15.2. The van der Waals surface area contributed by atoms with Gasteiger partial charge in [0.05, 0.1) is 34.8 Å². The number of β-amino-alcohol motifs (C(OH)–C–C–N with tert-alkyl or cyclic N) is 1. The summed E-state index contributed by atoms with van der Waals surface area (Å²) in [6.45, 7) is 10.9. The van der Waals surface area contributed by atoms with Crippen LogP contribution in [0, 0.1) is 18.8 Å². The summed E-state index contributed by atoms with van der Waals surface area (Å²) in [6.07, 6.45) is 3.93. The number of aryl methyl sites for hydroxylation is 1. The number of carbonyl (C=O) groups is 5. The maximum absolute atomic E-state index is 15.2. The van der Waals surface area contributed by atoms with Crippen LogP contribution in [-0.4, -0.2) is 122 Å². The second-order valence-electron chi connectivity index (χ2n) is 22.0. The Kier molecular flexibility index (Phi) is 15.8. The second-order valence-corrected chi connectivity index (χ2v) is 22.9. The van der Waals surface area contributed by atoms with Gasteiger partial charge in [-0.05, 0) is 95.2 Å². The van der Waals surface area contributed by atoms with Crippen LogP contribution < -0.4 is 15.4 Å². The molecule has 5 amide bonds. The number of aromatic nitrogens is 1. The van der Waals surface area contributed by atoms with E-state index in [1.54, 1.807) is 44.2 Å². The van der Waals surface area contributed by atoms with E-state index in [1.165, 1.54) is 43.3 Å². The molecule has 404 valence electrons. The summed E-state index contributed by atoms with van der Waals surface area (Å²) in [5.74, 6) is -0.510. The van der Waals surface area contributed by atoms with E-state index >= 15 is 4.79 Å². The number of likely N-dealkylation sites (tertiary alicyclic amines) is 2. The number of fused-ring (bicyclic) bond motifs is 2. The van der Waals surface area contributed by atoms with E-state index in [0.29, 0.717) is 60.2 Å². The number of oxime groups is 1. The SMILES string of the molecule is CO/N=C(/NCc1ccc(-c2scnc2C)cc1)[C@@H]1C[C@@H](Oc2ccc3c(c2)CN([C@H](C(=O)N2C[C@H](O)C[C@H]2C(=O)NCc2ccc(C4CCCC4)cc2)C(C)C)C3=O)CN1C(=O)[C@H](C(C)C)N1Cc2ccccc2C1=O. The lowest BCUT2D eigenvalue weighted by Crippen LogP contribution is -2.55. The maximum Gasteiger partial charge on any atom is 0.255 e. The van der Waals surface area contributed by atoms with Crippen LogP contribution in [0.5, 0.6) is 5.75 Å². The molecule has 10 rings (SSSR count). The highest BCUT2D eigenvalue weighted by Crippen LogP contribution is 2.37. The summed E-state index contributed by atoms with van der Waals surface area (Å²) in [7, 11) is 1.47. The van der Waals surface area contributed by atoms with Crippen molar-refractivity contribution < 1.29 is 38.7 Å². The Labute approximate surface area is 454 Å². The average molecular weight is 1060 g/mol. The molecule has 1 aromatic heterocycles. The van der Waals surface area contributed by atoms with Crippen LogP contribution in [0.3, 0.4) is 0 Å². The fraction of sp³-hybridized carbons (Fsp3) is 0.450. The van der Waals surface area contributed by atoms with Crippen LogP contribution in [0.4, 0.5) is 0 Å². The number of benzene rings is 4. The van der Waals surface area contributed by atoms with Crippen molar-refractivity contribution in [3.8, 4) is 16.2 Å². The largest absolute Gasteiger partial charge is 0.488 e. The highest BCUT2D eigenvalue weighted by Gasteiger charge is 2.48. The molecule has 3 fully saturated rings. The number of carbonyl (C=O) groups excluding carboxylic acids is 5. The number of ether oxygens (including phenoxy) is 1. The van der Waals surface area contributed by atoms with Gasteiger partial charge in [0, 0.05) is 56.7 Å². The molecule has 4 aromatic carbocycles. The summed E-state index contributed by atoms with van der Waals surface area (Å²) in [5.41, 5.74) is 9.75. The highest BCUT2D eigenvalue weighted by atomic mass is 32.1. The first kappa shape index (κ1) is 53.3. The average Bonchev–Trinajstić information content (AvgIpc) is 4.31. The van der Waals surface area contributed by atoms with Gasteiger partial charge in [-0.25, -0.2) is 4.98 Å². The van der Waals surface area contributed by atoms with Crippen molar-refractivity contribution in [3.05, 3.63) is 141 Å². The number of aliphatic hydroxyl groups is 1. The zero-order valence-electron chi connectivity index (χ0n) is 44.8. The zero-order chi connectivity index (χ0) is 54.1. The van der Waals surface area contributed by atoms with Crippen LogP contribution in [0.25, 0.3) is 10.4 Å². The summed E-state index contributed by atoms with van der Waals surface area (Å²) in [6, 6.07) is 26.1. The summed E-state index contributed by atoms with van der Waals surface area (Å²) >= 11 is 1.60. The molecule has 0 unspecified atom stereocenters. The van der Waals surface area contributed by atoms with Gasteiger partial charge in [0.1, 0.15) is 37.1 Å². The van der Waals surface area contributed by atoms with Crippen LogP contribution in [0.2, 0.25) is 0 Å². The summed E-state index contributed by atoms with van der Waals surface area (Å²) in [4.78, 5) is 89.3. The lowest BCUT2D eigenvalue weighted by atomic mass is 9.97. The predicted octanol–water partition coefficient (Wildman–Crippen LogP) is 7.81. The Morgan fingerprint density at radius 2 is 1.36 bits per heavy atom. The number of nitrogens with one attached hydrogen (secondary N) is 2. The van der Waals surface area contributed by atoms with Crippen LogP contribution in [0.15, 0.2) is 102 Å². The van der Waals surface area contributed by atoms with Gasteiger partial charge in [-0.2, -0.15) is 0 Å². The number of thiazole rings is 1. The minimum Gasteiger partial charge on any atom is -0.488 e. The smallest absolute Gasteiger partial charge is 0.255 e. The number of rotatable bonds is 17. The molecule has 0 radical (unpaired) electrons. The van der Waals surface area contributed by atoms with Crippen molar-refractivity contribution in [2.24, 2.45) is 17.0 Å². The Morgan fingerprint density at radius 1 is 0.753 bits per heavy atom. The molecule has 5 aliphatic rings. The molecule has 77 heavy (non-hydrogen) atoms. The molecule has 6 atom stereocenters. The highest BCUT2D eigenvalue weighted by molar-refractivity contribution is 7.13. The molecule has 5 aromatic rings. The van der Waals surface area contributed by atoms with Crippen molar-refractivity contribution >= 4 is 46.7 Å². The molecule has 16 nitrogen and oxygen atoms in total. The third kappa shape index (κ3) is 11.1. The van der Waals surface area contributed by atoms with Gasteiger partial charge >= 0.3 is 0 Å². The Morgan fingerprint density at radius 3 is 1.99 bits per heavy atom. The van der Waals surface area contributed by atoms with Crippen molar-refractivity contribution in [1.82, 2.24) is 35.2 Å². The van der Waals surface area contributed by atoms with Crippen molar-refractivity contribution in [3.63, 3.8) is 0 Å². The molecule has 0 spiro atoms. The van der Waals surface area contributed by atoms with Crippen LogP contribution in [-0.2, 0) is 45.4 Å². The summed E-state index contributed by atoms with van der Waals surface area (Å²) in [5, 5.41) is 21.8. The van der Waals surface area contributed by atoms with Crippen molar-refractivity contribution in [1.29, 1.82) is 0 Å². The molecular weight excluding hydrogens is 993 g/mol. The van der Waals surface area contributed by atoms with Gasteiger partial charge in [-0.1, -0.05) is 112 Å². The molecule has 17 heteroatoms. The monoisotopic (exact) mass is 1060 g/mol. The van der Waals surface area contributed by atoms with Gasteiger partial charge < -0.3 is 44.9 Å². The summed E-state index contributed by atoms with van der Waals surface area (Å²) < 4.78 is 6.76.